The Morgan fingerprint density at radius 2 is 1.71 bits per heavy atom. The molecule has 1 N–H and O–H groups in total. The highest BCUT2D eigenvalue weighted by molar-refractivity contribution is 6.30. The van der Waals surface area contributed by atoms with Crippen molar-refractivity contribution in [2.24, 2.45) is 5.92 Å². The van der Waals surface area contributed by atoms with Crippen LogP contribution in [0.4, 0.5) is 0 Å². The van der Waals surface area contributed by atoms with Gasteiger partial charge in [0.2, 0.25) is 5.91 Å². The summed E-state index contributed by atoms with van der Waals surface area (Å²) in [6.07, 6.45) is 2.58. The zero-order chi connectivity index (χ0) is 24.1. The monoisotopic (exact) mass is 474 g/mol. The van der Waals surface area contributed by atoms with Crippen molar-refractivity contribution in [2.75, 3.05) is 13.7 Å². The predicted octanol–water partition coefficient (Wildman–Crippen LogP) is 6.65. The van der Waals surface area contributed by atoms with E-state index in [4.69, 9.17) is 16.3 Å². The van der Waals surface area contributed by atoms with Gasteiger partial charge in [0.25, 0.3) is 0 Å². The van der Waals surface area contributed by atoms with Crippen molar-refractivity contribution in [1.82, 2.24) is 9.88 Å². The summed E-state index contributed by atoms with van der Waals surface area (Å²) in [5.41, 5.74) is 4.56. The maximum atomic E-state index is 12.9. The van der Waals surface area contributed by atoms with Crippen molar-refractivity contribution in [2.45, 2.75) is 32.7 Å². The molecule has 1 heterocycles. The first-order chi connectivity index (χ1) is 16.4. The molecular formula is C29H31ClN2O2. The van der Waals surface area contributed by atoms with Gasteiger partial charge in [-0.15, -0.1) is 0 Å². The number of para-hydroxylation sites is 1. The number of amides is 1. The maximum Gasteiger partial charge on any atom is 0.220 e. The molecule has 1 atom stereocenters. The molecule has 1 aromatic heterocycles. The summed E-state index contributed by atoms with van der Waals surface area (Å²) in [6.45, 7) is 5.61. The highest BCUT2D eigenvalue weighted by Gasteiger charge is 2.23. The second-order valence-electron chi connectivity index (χ2n) is 9.08. The molecule has 3 aromatic carbocycles. The van der Waals surface area contributed by atoms with E-state index in [1.54, 1.807) is 7.11 Å². The van der Waals surface area contributed by atoms with Gasteiger partial charge in [0.15, 0.2) is 0 Å². The topological polar surface area (TPSA) is 43.3 Å². The molecule has 0 aliphatic carbocycles. The molecule has 0 bridgehead atoms. The maximum absolute atomic E-state index is 12.9. The van der Waals surface area contributed by atoms with Gasteiger partial charge >= 0.3 is 0 Å². The number of carbonyl (C=O) groups excluding carboxylic acids is 1. The average Bonchev–Trinajstić information content (AvgIpc) is 3.20. The summed E-state index contributed by atoms with van der Waals surface area (Å²) in [5.74, 6) is 1.23. The Bertz CT molecular complexity index is 1240. The molecule has 176 valence electrons. The zero-order valence-electron chi connectivity index (χ0n) is 19.9. The molecule has 4 rings (SSSR count). The first-order valence-electron chi connectivity index (χ1n) is 11.7. The molecule has 1 amide bonds. The van der Waals surface area contributed by atoms with Crippen molar-refractivity contribution in [3.63, 3.8) is 0 Å². The van der Waals surface area contributed by atoms with Crippen molar-refractivity contribution in [3.8, 4) is 5.75 Å². The molecule has 0 saturated heterocycles. The standard InChI is InChI=1S/C29H31ClN2O2/c1-20(2)17-31-29(33)16-26(22-10-12-23(30)13-11-22)27-19-32(28-7-5-4-6-25(27)28)18-21-8-14-24(34-3)15-9-21/h4-15,19-20,26H,16-18H2,1-3H3,(H,31,33). The van der Waals surface area contributed by atoms with Crippen LogP contribution >= 0.6 is 11.6 Å². The fraction of sp³-hybridized carbons (Fsp3) is 0.276. The van der Waals surface area contributed by atoms with Crippen LogP contribution in [-0.2, 0) is 11.3 Å². The number of hydrogen-bond donors (Lipinski definition) is 1. The van der Waals surface area contributed by atoms with E-state index in [1.807, 2.05) is 36.4 Å². The van der Waals surface area contributed by atoms with Crippen molar-refractivity contribution in [3.05, 3.63) is 101 Å². The first-order valence-corrected chi connectivity index (χ1v) is 12.0. The number of hydrogen-bond acceptors (Lipinski definition) is 2. The van der Waals surface area contributed by atoms with Gasteiger partial charge in [0.1, 0.15) is 5.75 Å². The van der Waals surface area contributed by atoms with Crippen molar-refractivity contribution >= 4 is 28.4 Å². The number of methoxy groups -OCH3 is 1. The Balaban J connectivity index is 1.73. The summed E-state index contributed by atoms with van der Waals surface area (Å²) >= 11 is 6.17. The molecule has 0 aliphatic heterocycles. The molecule has 0 aliphatic rings. The third-order valence-electron chi connectivity index (χ3n) is 6.08. The van der Waals surface area contributed by atoms with Gasteiger partial charge in [-0.3, -0.25) is 4.79 Å². The Labute approximate surface area is 206 Å². The molecule has 0 radical (unpaired) electrons. The normalized spacial score (nSPS) is 12.1. The van der Waals surface area contributed by atoms with Crippen LogP contribution in [0.25, 0.3) is 10.9 Å². The number of ether oxygens (including phenoxy) is 1. The molecule has 34 heavy (non-hydrogen) atoms. The molecule has 1 unspecified atom stereocenters. The third kappa shape index (κ3) is 5.63. The minimum Gasteiger partial charge on any atom is -0.497 e. The lowest BCUT2D eigenvalue weighted by atomic mass is 9.88. The highest BCUT2D eigenvalue weighted by Crippen LogP contribution is 2.35. The van der Waals surface area contributed by atoms with Gasteiger partial charge in [-0.2, -0.15) is 0 Å². The first kappa shape index (κ1) is 23.9. The van der Waals surface area contributed by atoms with Crippen LogP contribution in [0.1, 0.15) is 42.9 Å². The number of carbonyl (C=O) groups is 1. The van der Waals surface area contributed by atoms with Crippen LogP contribution in [0, 0.1) is 5.92 Å². The molecular weight excluding hydrogens is 444 g/mol. The predicted molar refractivity (Wildman–Crippen MR) is 140 cm³/mol. The lowest BCUT2D eigenvalue weighted by molar-refractivity contribution is -0.121. The van der Waals surface area contributed by atoms with Crippen LogP contribution in [0.5, 0.6) is 5.75 Å². The largest absolute Gasteiger partial charge is 0.497 e. The molecule has 0 fully saturated rings. The summed E-state index contributed by atoms with van der Waals surface area (Å²) in [7, 11) is 1.68. The summed E-state index contributed by atoms with van der Waals surface area (Å²) in [4.78, 5) is 12.9. The van der Waals surface area contributed by atoms with E-state index in [0.29, 0.717) is 23.9 Å². The Hall–Kier alpha value is -3.24. The van der Waals surface area contributed by atoms with Crippen LogP contribution in [0.2, 0.25) is 5.02 Å². The quantitative estimate of drug-likeness (QED) is 0.295. The summed E-state index contributed by atoms with van der Waals surface area (Å²) in [5, 5.41) is 4.93. The molecule has 0 saturated carbocycles. The van der Waals surface area contributed by atoms with E-state index >= 15 is 0 Å². The van der Waals surface area contributed by atoms with Crippen LogP contribution in [-0.4, -0.2) is 24.1 Å². The van der Waals surface area contributed by atoms with Gasteiger partial charge < -0.3 is 14.6 Å². The fourth-order valence-electron chi connectivity index (χ4n) is 4.29. The van der Waals surface area contributed by atoms with Crippen LogP contribution < -0.4 is 10.1 Å². The van der Waals surface area contributed by atoms with E-state index in [0.717, 1.165) is 34.3 Å². The van der Waals surface area contributed by atoms with Gasteiger partial charge in [0, 0.05) is 47.6 Å². The minimum absolute atomic E-state index is 0.0561. The number of nitrogens with one attached hydrogen (secondary N) is 1. The zero-order valence-corrected chi connectivity index (χ0v) is 20.7. The van der Waals surface area contributed by atoms with Crippen molar-refractivity contribution < 1.29 is 9.53 Å². The Morgan fingerprint density at radius 1 is 1.00 bits per heavy atom. The van der Waals surface area contributed by atoms with E-state index in [2.05, 4.69) is 66.3 Å². The third-order valence-corrected chi connectivity index (χ3v) is 6.33. The Kier molecular flexibility index (Phi) is 7.59. The molecule has 4 nitrogen and oxygen atoms in total. The van der Waals surface area contributed by atoms with E-state index in [9.17, 15) is 4.79 Å². The van der Waals surface area contributed by atoms with E-state index < -0.39 is 0 Å². The smallest absolute Gasteiger partial charge is 0.220 e. The van der Waals surface area contributed by atoms with Gasteiger partial charge in [-0.05, 0) is 52.9 Å². The second kappa shape index (κ2) is 10.8. The number of fused-ring (bicyclic) bond motifs is 1. The van der Waals surface area contributed by atoms with Gasteiger partial charge in [-0.25, -0.2) is 0 Å². The summed E-state index contributed by atoms with van der Waals surface area (Å²) < 4.78 is 7.57. The van der Waals surface area contributed by atoms with E-state index in [-0.39, 0.29) is 11.8 Å². The Morgan fingerprint density at radius 3 is 2.38 bits per heavy atom. The lowest BCUT2D eigenvalue weighted by Gasteiger charge is -2.18. The number of aromatic nitrogens is 1. The SMILES string of the molecule is COc1ccc(Cn2cc(C(CC(=O)NCC(C)C)c3ccc(Cl)cc3)c3ccccc32)cc1. The minimum atomic E-state index is -0.0774. The molecule has 0 spiro atoms. The number of rotatable bonds is 9. The fourth-order valence-corrected chi connectivity index (χ4v) is 4.42. The van der Waals surface area contributed by atoms with E-state index in [1.165, 1.54) is 5.56 Å². The molecule has 5 heteroatoms. The number of halogens is 1. The van der Waals surface area contributed by atoms with Gasteiger partial charge in [-0.1, -0.05) is 67.9 Å². The lowest BCUT2D eigenvalue weighted by Crippen LogP contribution is -2.28. The van der Waals surface area contributed by atoms with Crippen LogP contribution in [0.15, 0.2) is 79.0 Å². The van der Waals surface area contributed by atoms with Crippen molar-refractivity contribution in [1.29, 1.82) is 0 Å². The summed E-state index contributed by atoms with van der Waals surface area (Å²) in [6, 6.07) is 24.4. The number of nitrogens with zero attached hydrogens (tertiary/aromatic N) is 1. The molecule has 4 aromatic rings. The average molecular weight is 475 g/mol. The number of benzene rings is 3. The highest BCUT2D eigenvalue weighted by atomic mass is 35.5. The second-order valence-corrected chi connectivity index (χ2v) is 9.52. The van der Waals surface area contributed by atoms with Gasteiger partial charge in [0.05, 0.1) is 7.11 Å². The van der Waals surface area contributed by atoms with Crippen LogP contribution in [0.3, 0.4) is 0 Å².